The fraction of sp³-hybridized carbons (Fsp3) is 0. The number of halogens is 3. The van der Waals surface area contributed by atoms with Crippen LogP contribution in [0.3, 0.4) is 0 Å². The van der Waals surface area contributed by atoms with E-state index in [4.69, 9.17) is 4.16 Å². The first-order valence-electron chi connectivity index (χ1n) is 0.447. The topological polar surface area (TPSA) is 20.2 Å². The minimum Gasteiger partial charge on any atom is -0.521 e. The van der Waals surface area contributed by atoms with Crippen molar-refractivity contribution in [3.63, 3.8) is 0 Å². The second-order valence-electron chi connectivity index (χ2n) is 0. The Labute approximate surface area is 58.1 Å². The Hall–Kier alpha value is 1.36. The molecule has 0 aromatic heterocycles. The average molecular weight is 155 g/mol. The van der Waals surface area contributed by atoms with E-state index in [1.54, 1.807) is 0 Å². The van der Waals surface area contributed by atoms with E-state index in [9.17, 15) is 0 Å². The lowest BCUT2D eigenvalue weighted by molar-refractivity contribution is 0.629. The Kier molecular flexibility index (Phi) is 360. The SMILES string of the molecule is Cl.Cl.Cl.[OH][AlH2]. The van der Waals surface area contributed by atoms with Crippen LogP contribution >= 0.6 is 37.2 Å². The molecular weight excluding hydrogens is 149 g/mol. The Morgan fingerprint density at radius 3 is 0.800 bits per heavy atom. The molecule has 0 spiro atoms. The van der Waals surface area contributed by atoms with Crippen LogP contribution in [-0.2, 0) is 0 Å². The molecule has 1 nitrogen and oxygen atoms in total. The van der Waals surface area contributed by atoms with Crippen LogP contribution < -0.4 is 0 Å². The first kappa shape index (κ1) is 32.8. The molecule has 0 radical (unpaired) electrons. The maximum atomic E-state index is 7.14. The summed E-state index contributed by atoms with van der Waals surface area (Å²) in [4.78, 5) is 0. The number of hydrogen-bond acceptors (Lipinski definition) is 1. The van der Waals surface area contributed by atoms with Gasteiger partial charge in [-0.2, -0.15) is 0 Å². The van der Waals surface area contributed by atoms with Crippen molar-refractivity contribution >= 4 is 53.8 Å². The van der Waals surface area contributed by atoms with Crippen LogP contribution in [0.1, 0.15) is 0 Å². The summed E-state index contributed by atoms with van der Waals surface area (Å²) in [7, 11) is 0. The highest BCUT2D eigenvalue weighted by atomic mass is 35.5. The van der Waals surface area contributed by atoms with Crippen LogP contribution in [0.4, 0.5) is 0 Å². The second-order valence-corrected chi connectivity index (χ2v) is 0. The lowest BCUT2D eigenvalue weighted by Gasteiger charge is -1.16. The monoisotopic (exact) mass is 154 g/mol. The molecule has 0 atom stereocenters. The quantitative estimate of drug-likeness (QED) is 0.480. The standard InChI is InChI=1S/Al.3ClH.H2O.2H/h;3*1H;1H2;;/q+1;;;;;;/p-1. The van der Waals surface area contributed by atoms with Gasteiger partial charge >= 0.3 is 16.6 Å². The summed E-state index contributed by atoms with van der Waals surface area (Å²) in [5.74, 6) is 0. The smallest absolute Gasteiger partial charge is 0.407 e. The molecule has 36 valence electrons. The van der Waals surface area contributed by atoms with Gasteiger partial charge < -0.3 is 4.16 Å². The van der Waals surface area contributed by atoms with Gasteiger partial charge in [0, 0.05) is 0 Å². The summed E-state index contributed by atoms with van der Waals surface area (Å²) in [5, 5.41) is 0. The summed E-state index contributed by atoms with van der Waals surface area (Å²) in [6.07, 6.45) is 0. The van der Waals surface area contributed by atoms with Crippen molar-refractivity contribution in [1.82, 2.24) is 0 Å². The fourth-order valence-corrected chi connectivity index (χ4v) is 0. The second kappa shape index (κ2) is 55.0. The van der Waals surface area contributed by atoms with Gasteiger partial charge in [-0.1, -0.05) is 0 Å². The van der Waals surface area contributed by atoms with Gasteiger partial charge in [-0.15, -0.1) is 37.2 Å². The van der Waals surface area contributed by atoms with Crippen molar-refractivity contribution in [2.75, 3.05) is 0 Å². The summed E-state index contributed by atoms with van der Waals surface area (Å²) in [6, 6.07) is 0. The normalized spacial score (nSPS) is 1.00. The van der Waals surface area contributed by atoms with Gasteiger partial charge in [0.1, 0.15) is 0 Å². The first-order valence-corrected chi connectivity index (χ1v) is 1.34. The lowest BCUT2D eigenvalue weighted by Crippen LogP contribution is -1.34. The van der Waals surface area contributed by atoms with Gasteiger partial charge in [-0.3, -0.25) is 0 Å². The van der Waals surface area contributed by atoms with Crippen LogP contribution in [0.2, 0.25) is 0 Å². The third kappa shape index (κ3) is 32.7. The Bertz CT molecular complexity index is 6.85. The van der Waals surface area contributed by atoms with E-state index in [1.165, 1.54) is 0 Å². The van der Waals surface area contributed by atoms with E-state index >= 15 is 0 Å². The number of rotatable bonds is 0. The molecule has 0 bridgehead atoms. The Morgan fingerprint density at radius 2 is 0.800 bits per heavy atom. The summed E-state index contributed by atoms with van der Waals surface area (Å²) in [6.45, 7) is 0. The zero-order chi connectivity index (χ0) is 2.00. The maximum Gasteiger partial charge on any atom is 0.407 e. The van der Waals surface area contributed by atoms with Gasteiger partial charge in [0.15, 0.2) is 0 Å². The molecule has 0 aliphatic carbocycles. The van der Waals surface area contributed by atoms with Gasteiger partial charge in [-0.05, 0) is 0 Å². The van der Waals surface area contributed by atoms with Crippen molar-refractivity contribution in [1.29, 1.82) is 0 Å². The van der Waals surface area contributed by atoms with Gasteiger partial charge in [0.05, 0.1) is 0 Å². The molecule has 0 aromatic carbocycles. The molecule has 0 unspecified atom stereocenters. The first-order chi connectivity index (χ1) is 1.00. The van der Waals surface area contributed by atoms with Crippen LogP contribution in [0, 0.1) is 0 Å². The van der Waals surface area contributed by atoms with Crippen molar-refractivity contribution in [3.05, 3.63) is 0 Å². The average Bonchev–Trinajstić information content (AvgIpc) is 1.00. The molecule has 1 N–H and O–H groups in total. The third-order valence-electron chi connectivity index (χ3n) is 0. The molecule has 0 saturated heterocycles. The molecular formula is H6AlCl3O. The van der Waals surface area contributed by atoms with Crippen LogP contribution in [-0.4, -0.2) is 20.8 Å². The molecule has 5 heteroatoms. The molecule has 0 amide bonds. The zero-order valence-corrected chi connectivity index (χ0v) is 7.12. The van der Waals surface area contributed by atoms with Crippen molar-refractivity contribution in [3.8, 4) is 0 Å². The van der Waals surface area contributed by atoms with Crippen molar-refractivity contribution in [2.24, 2.45) is 0 Å². The largest absolute Gasteiger partial charge is 0.521 e. The van der Waals surface area contributed by atoms with E-state index in [0.29, 0.717) is 16.6 Å². The van der Waals surface area contributed by atoms with E-state index in [-0.39, 0.29) is 37.2 Å². The zero-order valence-electron chi connectivity index (χ0n) is 2.67. The van der Waals surface area contributed by atoms with E-state index in [1.807, 2.05) is 0 Å². The molecule has 0 aliphatic heterocycles. The predicted octanol–water partition coefficient (Wildman–Crippen LogP) is -0.208. The molecule has 5 heavy (non-hydrogen) atoms. The maximum absolute atomic E-state index is 7.14. The lowest BCUT2D eigenvalue weighted by atomic mass is 15.9. The summed E-state index contributed by atoms with van der Waals surface area (Å²) in [5.41, 5.74) is 0. The fourth-order valence-electron chi connectivity index (χ4n) is 0. The van der Waals surface area contributed by atoms with Crippen LogP contribution in [0.15, 0.2) is 0 Å². The van der Waals surface area contributed by atoms with Crippen molar-refractivity contribution in [2.45, 2.75) is 0 Å². The molecule has 0 heterocycles. The molecule has 0 aliphatic rings. The van der Waals surface area contributed by atoms with Crippen molar-refractivity contribution < 1.29 is 4.16 Å². The summed E-state index contributed by atoms with van der Waals surface area (Å²) >= 11 is 0.306. The Morgan fingerprint density at radius 1 is 0.800 bits per heavy atom. The van der Waals surface area contributed by atoms with E-state index in [0.717, 1.165) is 0 Å². The van der Waals surface area contributed by atoms with E-state index in [2.05, 4.69) is 0 Å². The number of hydrogen-bond donors (Lipinski definition) is 1. The van der Waals surface area contributed by atoms with Crippen LogP contribution in [0.5, 0.6) is 0 Å². The molecule has 0 fully saturated rings. The van der Waals surface area contributed by atoms with Gasteiger partial charge in [0.25, 0.3) is 0 Å². The third-order valence-corrected chi connectivity index (χ3v) is 0. The Balaban J connectivity index is -0.00000000167. The molecule has 0 aromatic rings. The van der Waals surface area contributed by atoms with Gasteiger partial charge in [-0.25, -0.2) is 0 Å². The minimum absolute atomic E-state index is 0. The highest BCUT2D eigenvalue weighted by molar-refractivity contribution is 5.95. The molecule has 0 saturated carbocycles. The highest BCUT2D eigenvalue weighted by Gasteiger charge is 1.05. The highest BCUT2D eigenvalue weighted by Crippen LogP contribution is 0.692. The van der Waals surface area contributed by atoms with E-state index < -0.39 is 0 Å². The summed E-state index contributed by atoms with van der Waals surface area (Å²) < 4.78 is 7.14. The predicted molar refractivity (Wildman–Crippen MR) is 32.5 cm³/mol. The minimum atomic E-state index is 0. The van der Waals surface area contributed by atoms with Gasteiger partial charge in [0.2, 0.25) is 0 Å². The van der Waals surface area contributed by atoms with Crippen LogP contribution in [0.25, 0.3) is 0 Å². The molecule has 0 rings (SSSR count).